The first-order chi connectivity index (χ1) is 9.53. The highest BCUT2D eigenvalue weighted by Crippen LogP contribution is 2.27. The lowest BCUT2D eigenvalue weighted by atomic mass is 10.2. The number of benzene rings is 1. The zero-order chi connectivity index (χ0) is 15.1. The summed E-state index contributed by atoms with van der Waals surface area (Å²) in [6, 6.07) is 4.39. The van der Waals surface area contributed by atoms with Crippen molar-refractivity contribution in [2.24, 2.45) is 5.73 Å². The minimum Gasteiger partial charge on any atom is -0.477 e. The quantitative estimate of drug-likeness (QED) is 0.600. The van der Waals surface area contributed by atoms with Gasteiger partial charge in [-0.3, -0.25) is 14.9 Å². The Labute approximate surface area is 117 Å². The summed E-state index contributed by atoms with van der Waals surface area (Å²) < 4.78 is 5.30. The molecule has 0 heterocycles. The Morgan fingerprint density at radius 1 is 1.40 bits per heavy atom. The van der Waals surface area contributed by atoms with Crippen molar-refractivity contribution in [3.8, 4) is 5.75 Å². The molecule has 7 nitrogen and oxygen atoms in total. The van der Waals surface area contributed by atoms with Gasteiger partial charge >= 0.3 is 5.69 Å². The van der Waals surface area contributed by atoms with Gasteiger partial charge in [0.2, 0.25) is 0 Å². The molecule has 0 bridgehead atoms. The molecule has 2 N–H and O–H groups in total. The van der Waals surface area contributed by atoms with Crippen LogP contribution >= 0.6 is 0 Å². The molecule has 0 atom stereocenters. The Morgan fingerprint density at radius 2 is 2.05 bits per heavy atom. The van der Waals surface area contributed by atoms with Crippen molar-refractivity contribution in [1.29, 1.82) is 0 Å². The average Bonchev–Trinajstić information content (AvgIpc) is 2.45. The molecule has 1 rings (SSSR count). The van der Waals surface area contributed by atoms with Crippen molar-refractivity contribution in [3.05, 3.63) is 33.9 Å². The molecule has 0 unspecified atom stereocenters. The molecule has 0 aliphatic heterocycles. The normalized spacial score (nSPS) is 10.2. The van der Waals surface area contributed by atoms with Crippen LogP contribution in [0.1, 0.15) is 19.4 Å². The van der Waals surface area contributed by atoms with Crippen LogP contribution in [0.3, 0.4) is 0 Å². The molecule has 0 aromatic heterocycles. The molecule has 7 heteroatoms. The molecule has 0 fully saturated rings. The summed E-state index contributed by atoms with van der Waals surface area (Å²) >= 11 is 0. The molecule has 0 spiro atoms. The predicted molar refractivity (Wildman–Crippen MR) is 74.4 cm³/mol. The maximum atomic E-state index is 11.8. The fraction of sp³-hybridized carbons (Fsp3) is 0.462. The van der Waals surface area contributed by atoms with Crippen LogP contribution in [0.5, 0.6) is 5.75 Å². The first kappa shape index (κ1) is 15.9. The number of carbonyl (C=O) groups is 1. The van der Waals surface area contributed by atoms with E-state index in [-0.39, 0.29) is 30.5 Å². The second-order valence-corrected chi connectivity index (χ2v) is 4.12. The van der Waals surface area contributed by atoms with Gasteiger partial charge in [0, 0.05) is 25.7 Å². The van der Waals surface area contributed by atoms with Crippen LogP contribution in [-0.4, -0.2) is 35.4 Å². The van der Waals surface area contributed by atoms with Gasteiger partial charge in [0.1, 0.15) is 0 Å². The van der Waals surface area contributed by atoms with Crippen molar-refractivity contribution in [3.63, 3.8) is 0 Å². The van der Waals surface area contributed by atoms with Crippen molar-refractivity contribution < 1.29 is 14.5 Å². The summed E-state index contributed by atoms with van der Waals surface area (Å²) in [6.07, 6.45) is 0. The number of nitro benzene ring substituents is 1. The molecule has 1 aromatic rings. The number of hydrogen-bond acceptors (Lipinski definition) is 5. The van der Waals surface area contributed by atoms with Crippen LogP contribution in [0.15, 0.2) is 18.2 Å². The Balaban J connectivity index is 2.85. The lowest BCUT2D eigenvalue weighted by molar-refractivity contribution is -0.385. The monoisotopic (exact) mass is 281 g/mol. The van der Waals surface area contributed by atoms with E-state index in [0.717, 1.165) is 0 Å². The SMILES string of the molecule is CCN(CC)C(=O)COc1cc(CN)ccc1[N+](=O)[O-]. The molecule has 1 aromatic carbocycles. The number of hydrogen-bond donors (Lipinski definition) is 1. The molecular weight excluding hydrogens is 262 g/mol. The highest BCUT2D eigenvalue weighted by atomic mass is 16.6. The minimum atomic E-state index is -0.544. The molecule has 1 amide bonds. The smallest absolute Gasteiger partial charge is 0.310 e. The number of amides is 1. The van der Waals surface area contributed by atoms with Gasteiger partial charge in [-0.1, -0.05) is 6.07 Å². The van der Waals surface area contributed by atoms with E-state index in [4.69, 9.17) is 10.5 Å². The molecule has 0 aliphatic rings. The van der Waals surface area contributed by atoms with Crippen LogP contribution in [0.4, 0.5) is 5.69 Å². The molecule has 0 saturated carbocycles. The minimum absolute atomic E-state index is 0.0680. The summed E-state index contributed by atoms with van der Waals surface area (Å²) in [5, 5.41) is 10.9. The van der Waals surface area contributed by atoms with Crippen LogP contribution < -0.4 is 10.5 Å². The van der Waals surface area contributed by atoms with Gasteiger partial charge in [-0.25, -0.2) is 0 Å². The van der Waals surface area contributed by atoms with Gasteiger partial charge < -0.3 is 15.4 Å². The van der Waals surface area contributed by atoms with Crippen LogP contribution in [0.2, 0.25) is 0 Å². The van der Waals surface area contributed by atoms with E-state index in [1.54, 1.807) is 11.0 Å². The van der Waals surface area contributed by atoms with Crippen LogP contribution in [0.25, 0.3) is 0 Å². The van der Waals surface area contributed by atoms with Crippen molar-refractivity contribution >= 4 is 11.6 Å². The number of carbonyl (C=O) groups excluding carboxylic acids is 1. The first-order valence-corrected chi connectivity index (χ1v) is 6.41. The summed E-state index contributed by atoms with van der Waals surface area (Å²) in [5.74, 6) is -0.138. The lowest BCUT2D eigenvalue weighted by Crippen LogP contribution is -2.34. The number of ether oxygens (including phenoxy) is 1. The van der Waals surface area contributed by atoms with Crippen LogP contribution in [-0.2, 0) is 11.3 Å². The number of likely N-dealkylation sites (N-methyl/N-ethyl adjacent to an activating group) is 1. The summed E-state index contributed by atoms with van der Waals surface area (Å²) in [4.78, 5) is 23.8. The number of nitro groups is 1. The largest absolute Gasteiger partial charge is 0.477 e. The fourth-order valence-corrected chi connectivity index (χ4v) is 1.76. The van der Waals surface area contributed by atoms with Gasteiger partial charge in [-0.15, -0.1) is 0 Å². The zero-order valence-corrected chi connectivity index (χ0v) is 11.7. The third-order valence-electron chi connectivity index (χ3n) is 2.92. The van der Waals surface area contributed by atoms with Gasteiger partial charge in [0.15, 0.2) is 12.4 Å². The average molecular weight is 281 g/mol. The van der Waals surface area contributed by atoms with Gasteiger partial charge in [-0.2, -0.15) is 0 Å². The third-order valence-corrected chi connectivity index (χ3v) is 2.92. The van der Waals surface area contributed by atoms with Crippen molar-refractivity contribution in [1.82, 2.24) is 4.90 Å². The molecule has 0 radical (unpaired) electrons. The molecule has 110 valence electrons. The maximum Gasteiger partial charge on any atom is 0.310 e. The number of rotatable bonds is 7. The fourth-order valence-electron chi connectivity index (χ4n) is 1.76. The molecule has 20 heavy (non-hydrogen) atoms. The molecular formula is C13H19N3O4. The van der Waals surface area contributed by atoms with Crippen LogP contribution in [0, 0.1) is 10.1 Å². The Kier molecular flexibility index (Phi) is 5.92. The number of nitrogens with two attached hydrogens (primary N) is 1. The number of nitrogens with zero attached hydrogens (tertiary/aromatic N) is 2. The highest BCUT2D eigenvalue weighted by molar-refractivity contribution is 5.77. The second kappa shape index (κ2) is 7.44. The predicted octanol–water partition coefficient (Wildman–Crippen LogP) is 1.30. The Morgan fingerprint density at radius 3 is 2.55 bits per heavy atom. The van der Waals surface area contributed by atoms with Crippen molar-refractivity contribution in [2.75, 3.05) is 19.7 Å². The van der Waals surface area contributed by atoms with Gasteiger partial charge in [-0.05, 0) is 25.5 Å². The highest BCUT2D eigenvalue weighted by Gasteiger charge is 2.18. The Bertz CT molecular complexity index is 487. The Hall–Kier alpha value is -2.15. The summed E-state index contributed by atoms with van der Waals surface area (Å²) in [5.41, 5.74) is 6.03. The van der Waals surface area contributed by atoms with Gasteiger partial charge in [0.05, 0.1) is 4.92 Å². The third kappa shape index (κ3) is 3.92. The van der Waals surface area contributed by atoms with E-state index in [1.807, 2.05) is 13.8 Å². The standard InChI is InChI=1S/C13H19N3O4/c1-3-15(4-2)13(17)9-20-12-7-10(8-14)5-6-11(12)16(18)19/h5-7H,3-4,8-9,14H2,1-2H3. The van der Waals surface area contributed by atoms with E-state index in [0.29, 0.717) is 18.7 Å². The first-order valence-electron chi connectivity index (χ1n) is 6.41. The molecule has 0 saturated heterocycles. The summed E-state index contributed by atoms with van der Waals surface area (Å²) in [7, 11) is 0. The van der Waals surface area contributed by atoms with E-state index < -0.39 is 4.92 Å². The lowest BCUT2D eigenvalue weighted by Gasteiger charge is -2.18. The topological polar surface area (TPSA) is 98.7 Å². The van der Waals surface area contributed by atoms with E-state index in [2.05, 4.69) is 0 Å². The van der Waals surface area contributed by atoms with Crippen molar-refractivity contribution in [2.45, 2.75) is 20.4 Å². The van der Waals surface area contributed by atoms with E-state index in [1.165, 1.54) is 12.1 Å². The summed E-state index contributed by atoms with van der Waals surface area (Å²) in [6.45, 7) is 4.89. The maximum absolute atomic E-state index is 11.8. The molecule has 0 aliphatic carbocycles. The van der Waals surface area contributed by atoms with E-state index >= 15 is 0 Å². The van der Waals surface area contributed by atoms with Gasteiger partial charge in [0.25, 0.3) is 5.91 Å². The van der Waals surface area contributed by atoms with E-state index in [9.17, 15) is 14.9 Å². The second-order valence-electron chi connectivity index (χ2n) is 4.12. The zero-order valence-electron chi connectivity index (χ0n) is 11.7.